The van der Waals surface area contributed by atoms with Gasteiger partial charge in [-0.15, -0.1) is 0 Å². The summed E-state index contributed by atoms with van der Waals surface area (Å²) in [6.07, 6.45) is 4.59. The molecule has 28 heavy (non-hydrogen) atoms. The Hall–Kier alpha value is -1.14. The predicted octanol–water partition coefficient (Wildman–Crippen LogP) is 5.15. The molecule has 6 heteroatoms. The average molecular weight is 411 g/mol. The zero-order valence-corrected chi connectivity index (χ0v) is 19.8. The van der Waals surface area contributed by atoms with Crippen molar-refractivity contribution in [3.05, 3.63) is 11.1 Å². The number of rotatable bonds is 6. The van der Waals surface area contributed by atoms with Crippen LogP contribution in [0.25, 0.3) is 0 Å². The Bertz CT molecular complexity index is 631. The summed E-state index contributed by atoms with van der Waals surface area (Å²) in [6.45, 7) is 15.3. The first kappa shape index (κ1) is 23.1. The molecule has 1 saturated carbocycles. The molecule has 0 unspecified atom stereocenters. The summed E-state index contributed by atoms with van der Waals surface area (Å²) in [4.78, 5) is 25.9. The maximum absolute atomic E-state index is 13.0. The fraction of sp³-hybridized carbons (Fsp3) is 0.818. The molecule has 2 rings (SSSR count). The summed E-state index contributed by atoms with van der Waals surface area (Å²) in [5.41, 5.74) is 0.853. The Labute approximate surface area is 171 Å². The lowest BCUT2D eigenvalue weighted by atomic mass is 9.59. The highest BCUT2D eigenvalue weighted by Crippen LogP contribution is 2.55. The van der Waals surface area contributed by atoms with E-state index in [9.17, 15) is 9.59 Å². The molecule has 0 bridgehead atoms. The van der Waals surface area contributed by atoms with Crippen LogP contribution in [0.5, 0.6) is 0 Å². The molecule has 0 saturated heterocycles. The first-order valence-corrected chi connectivity index (χ1v) is 13.7. The minimum atomic E-state index is -2.09. The summed E-state index contributed by atoms with van der Waals surface area (Å²) in [7, 11) is -2.09. The van der Waals surface area contributed by atoms with Gasteiger partial charge in [0.05, 0.1) is 30.3 Å². The normalized spacial score (nSPS) is 28.5. The van der Waals surface area contributed by atoms with Gasteiger partial charge in [0.1, 0.15) is 0 Å². The third-order valence-corrected chi connectivity index (χ3v) is 11.2. The maximum atomic E-state index is 13.0. The smallest absolute Gasteiger partial charge is 0.336 e. The molecule has 0 N–H and O–H groups in total. The second kappa shape index (κ2) is 8.70. The third-order valence-electron chi connectivity index (χ3n) is 6.75. The van der Waals surface area contributed by atoms with Gasteiger partial charge in [0.25, 0.3) is 0 Å². The van der Waals surface area contributed by atoms with Crippen LogP contribution >= 0.6 is 0 Å². The zero-order valence-electron chi connectivity index (χ0n) is 18.8. The van der Waals surface area contributed by atoms with E-state index in [4.69, 9.17) is 13.9 Å². The number of esters is 2. The van der Waals surface area contributed by atoms with E-state index in [1.54, 1.807) is 0 Å². The highest BCUT2D eigenvalue weighted by atomic mass is 28.4. The number of carbonyl (C=O) groups excluding carboxylic acids is 2. The van der Waals surface area contributed by atoms with Crippen molar-refractivity contribution in [2.75, 3.05) is 13.2 Å². The molecule has 2 aliphatic carbocycles. The van der Waals surface area contributed by atoms with Gasteiger partial charge in [0.2, 0.25) is 0 Å². The minimum absolute atomic E-state index is 0.0393. The molecule has 0 amide bonds. The highest BCUT2D eigenvalue weighted by molar-refractivity contribution is 6.74. The van der Waals surface area contributed by atoms with Crippen molar-refractivity contribution in [3.63, 3.8) is 0 Å². The first-order valence-electron chi connectivity index (χ1n) is 10.8. The highest BCUT2D eigenvalue weighted by Gasteiger charge is 2.54. The predicted molar refractivity (Wildman–Crippen MR) is 112 cm³/mol. The van der Waals surface area contributed by atoms with Gasteiger partial charge in [0.15, 0.2) is 8.32 Å². The molecule has 0 aromatic heterocycles. The Kier molecular flexibility index (Phi) is 7.19. The van der Waals surface area contributed by atoms with Gasteiger partial charge in [0, 0.05) is 0 Å². The molecular weight excluding hydrogens is 372 g/mol. The lowest BCUT2D eigenvalue weighted by Crippen LogP contribution is -2.49. The SMILES string of the molecule is CCOC(=O)/C1=C2\CC[C@@]2(C(=O)OCC)CCCC[C@@H]1O[Si](C)(C)C(C)(C)C. The van der Waals surface area contributed by atoms with E-state index in [2.05, 4.69) is 33.9 Å². The second-order valence-corrected chi connectivity index (χ2v) is 14.3. The summed E-state index contributed by atoms with van der Waals surface area (Å²) in [6, 6.07) is 0. The molecule has 0 radical (unpaired) electrons. The third kappa shape index (κ3) is 4.38. The Morgan fingerprint density at radius 3 is 2.21 bits per heavy atom. The topological polar surface area (TPSA) is 61.8 Å². The largest absolute Gasteiger partial charge is 0.465 e. The van der Waals surface area contributed by atoms with Crippen LogP contribution < -0.4 is 0 Å². The van der Waals surface area contributed by atoms with Crippen LogP contribution in [0.15, 0.2) is 11.1 Å². The van der Waals surface area contributed by atoms with Gasteiger partial charge in [-0.3, -0.25) is 4.79 Å². The van der Waals surface area contributed by atoms with E-state index in [1.807, 2.05) is 13.8 Å². The molecule has 2 aliphatic rings. The van der Waals surface area contributed by atoms with E-state index in [-0.39, 0.29) is 23.1 Å². The van der Waals surface area contributed by atoms with E-state index >= 15 is 0 Å². The standard InChI is InChI=1S/C22H38O5Si/c1-8-25-19(23)18-16-13-15-22(16,20(24)26-9-2)14-11-10-12-17(18)27-28(6,7)21(3,4)5/h17H,8-15H2,1-7H3/b18-16+/t17-,22-/m0/s1. The van der Waals surface area contributed by atoms with Crippen molar-refractivity contribution in [3.8, 4) is 0 Å². The molecule has 0 heterocycles. The van der Waals surface area contributed by atoms with Gasteiger partial charge in [-0.1, -0.05) is 33.6 Å². The quantitative estimate of drug-likeness (QED) is 0.447. The van der Waals surface area contributed by atoms with Crippen molar-refractivity contribution in [2.45, 2.75) is 97.4 Å². The zero-order chi connectivity index (χ0) is 21.2. The van der Waals surface area contributed by atoms with Crippen LogP contribution in [0.4, 0.5) is 0 Å². The van der Waals surface area contributed by atoms with E-state index in [0.29, 0.717) is 18.8 Å². The van der Waals surface area contributed by atoms with Crippen molar-refractivity contribution >= 4 is 20.3 Å². The fourth-order valence-corrected chi connectivity index (χ4v) is 5.33. The molecule has 5 nitrogen and oxygen atoms in total. The molecule has 160 valence electrons. The van der Waals surface area contributed by atoms with Gasteiger partial charge < -0.3 is 13.9 Å². The Morgan fingerprint density at radius 2 is 1.71 bits per heavy atom. The van der Waals surface area contributed by atoms with Crippen LogP contribution in [0.3, 0.4) is 0 Å². The van der Waals surface area contributed by atoms with Crippen molar-refractivity contribution in [1.82, 2.24) is 0 Å². The van der Waals surface area contributed by atoms with Gasteiger partial charge >= 0.3 is 11.9 Å². The first-order chi connectivity index (χ1) is 13.0. The van der Waals surface area contributed by atoms with E-state index in [0.717, 1.165) is 44.1 Å². The summed E-state index contributed by atoms with van der Waals surface area (Å²) in [5.74, 6) is -0.512. The lowest BCUT2D eigenvalue weighted by Gasteiger charge is -2.47. The van der Waals surface area contributed by atoms with Gasteiger partial charge in [-0.2, -0.15) is 0 Å². The summed E-state index contributed by atoms with van der Waals surface area (Å²) < 4.78 is 17.6. The van der Waals surface area contributed by atoms with Gasteiger partial charge in [-0.05, 0) is 63.2 Å². The number of hydrogen-bond donors (Lipinski definition) is 0. The van der Waals surface area contributed by atoms with E-state index in [1.165, 1.54) is 0 Å². The van der Waals surface area contributed by atoms with Crippen LogP contribution in [0.1, 0.15) is 73.1 Å². The molecule has 0 aromatic carbocycles. The monoisotopic (exact) mass is 410 g/mol. The minimum Gasteiger partial charge on any atom is -0.465 e. The van der Waals surface area contributed by atoms with Crippen molar-refractivity contribution < 1.29 is 23.5 Å². The van der Waals surface area contributed by atoms with Crippen molar-refractivity contribution in [2.24, 2.45) is 5.41 Å². The maximum Gasteiger partial charge on any atom is 0.336 e. The average Bonchev–Trinajstić information content (AvgIpc) is 2.55. The molecular formula is C22H38O5Si. The number of fused-ring (bicyclic) bond motifs is 1. The Morgan fingerprint density at radius 1 is 1.07 bits per heavy atom. The summed E-state index contributed by atoms with van der Waals surface area (Å²) in [5, 5.41) is 0.0393. The molecule has 2 atom stereocenters. The van der Waals surface area contributed by atoms with Crippen LogP contribution in [-0.2, 0) is 23.5 Å². The summed E-state index contributed by atoms with van der Waals surface area (Å²) >= 11 is 0. The number of ether oxygens (including phenoxy) is 2. The molecule has 0 aromatic rings. The second-order valence-electron chi connectivity index (χ2n) is 9.53. The number of carbonyl (C=O) groups is 2. The number of hydrogen-bond acceptors (Lipinski definition) is 5. The lowest BCUT2D eigenvalue weighted by molar-refractivity contribution is -0.157. The van der Waals surface area contributed by atoms with Crippen molar-refractivity contribution in [1.29, 1.82) is 0 Å². The molecule has 1 fully saturated rings. The fourth-order valence-electron chi connectivity index (χ4n) is 4.03. The van der Waals surface area contributed by atoms with Crippen LogP contribution in [0.2, 0.25) is 18.1 Å². The van der Waals surface area contributed by atoms with Crippen LogP contribution in [-0.4, -0.2) is 39.6 Å². The molecule has 0 aliphatic heterocycles. The Balaban J connectivity index is 2.52. The van der Waals surface area contributed by atoms with E-state index < -0.39 is 13.7 Å². The van der Waals surface area contributed by atoms with Gasteiger partial charge in [-0.25, -0.2) is 4.79 Å². The van der Waals surface area contributed by atoms with Crippen LogP contribution in [0, 0.1) is 5.41 Å². The molecule has 0 spiro atoms.